The molecule has 0 amide bonds. The van der Waals surface area contributed by atoms with Gasteiger partial charge >= 0.3 is 0 Å². The first-order valence-corrected chi connectivity index (χ1v) is 3.23. The fraction of sp³-hybridized carbons (Fsp3) is 0.714. The quantitative estimate of drug-likeness (QED) is 0.468. The van der Waals surface area contributed by atoms with E-state index in [0.29, 0.717) is 12.0 Å². The number of nitrogens with two attached hydrogens (primary N) is 1. The highest BCUT2D eigenvalue weighted by Crippen LogP contribution is 2.14. The predicted octanol–water partition coefficient (Wildman–Crippen LogP) is 1.30. The lowest BCUT2D eigenvalue weighted by atomic mass is 9.93. The minimum Gasteiger partial charge on any atom is -0.327 e. The Morgan fingerprint density at radius 1 is 1.62 bits per heavy atom. The number of allylic oxidation sites excluding steroid dienone is 1. The molecule has 46 valence electrons. The summed E-state index contributed by atoms with van der Waals surface area (Å²) in [5.74, 6) is 0.601. The summed E-state index contributed by atoms with van der Waals surface area (Å²) in [7, 11) is 0. The van der Waals surface area contributed by atoms with Crippen molar-refractivity contribution in [1.82, 2.24) is 0 Å². The van der Waals surface area contributed by atoms with Crippen LogP contribution < -0.4 is 5.73 Å². The zero-order valence-electron chi connectivity index (χ0n) is 5.30. The van der Waals surface area contributed by atoms with Crippen LogP contribution in [-0.2, 0) is 0 Å². The molecule has 0 saturated heterocycles. The van der Waals surface area contributed by atoms with Gasteiger partial charge in [-0.1, -0.05) is 19.1 Å². The van der Waals surface area contributed by atoms with Crippen LogP contribution in [0.15, 0.2) is 12.2 Å². The number of rotatable bonds is 0. The Labute approximate surface area is 50.6 Å². The van der Waals surface area contributed by atoms with Gasteiger partial charge in [-0.3, -0.25) is 0 Å². The maximum absolute atomic E-state index is 5.73. The maximum atomic E-state index is 5.73. The van der Waals surface area contributed by atoms with E-state index >= 15 is 0 Å². The van der Waals surface area contributed by atoms with Gasteiger partial charge in [0.2, 0.25) is 0 Å². The molecule has 0 radical (unpaired) electrons. The van der Waals surface area contributed by atoms with Gasteiger partial charge in [-0.15, -0.1) is 0 Å². The third-order valence-electron chi connectivity index (χ3n) is 1.78. The van der Waals surface area contributed by atoms with Crippen LogP contribution in [0.5, 0.6) is 0 Å². The van der Waals surface area contributed by atoms with Crippen LogP contribution in [-0.4, -0.2) is 6.04 Å². The minimum atomic E-state index is 0.417. The monoisotopic (exact) mass is 111 g/mol. The molecule has 0 aromatic carbocycles. The average molecular weight is 111 g/mol. The first-order valence-electron chi connectivity index (χ1n) is 3.23. The Kier molecular flexibility index (Phi) is 1.69. The van der Waals surface area contributed by atoms with E-state index in [-0.39, 0.29) is 0 Å². The second-order valence-electron chi connectivity index (χ2n) is 2.53. The summed E-state index contributed by atoms with van der Waals surface area (Å²) in [5.41, 5.74) is 5.73. The molecule has 1 aliphatic carbocycles. The van der Waals surface area contributed by atoms with Crippen molar-refractivity contribution in [2.24, 2.45) is 11.7 Å². The molecule has 0 spiro atoms. The van der Waals surface area contributed by atoms with Gasteiger partial charge in [-0.2, -0.15) is 0 Å². The van der Waals surface area contributed by atoms with E-state index in [9.17, 15) is 0 Å². The molecule has 0 bridgehead atoms. The molecule has 1 heteroatoms. The Morgan fingerprint density at radius 2 is 2.38 bits per heavy atom. The summed E-state index contributed by atoms with van der Waals surface area (Å²) in [6.45, 7) is 2.17. The van der Waals surface area contributed by atoms with E-state index in [0.717, 1.165) is 6.42 Å². The molecule has 2 atom stereocenters. The van der Waals surface area contributed by atoms with Crippen molar-refractivity contribution in [3.05, 3.63) is 12.2 Å². The molecule has 1 rings (SSSR count). The van der Waals surface area contributed by atoms with Gasteiger partial charge in [0.05, 0.1) is 0 Å². The highest BCUT2D eigenvalue weighted by Gasteiger charge is 2.11. The van der Waals surface area contributed by atoms with Gasteiger partial charge in [0, 0.05) is 6.04 Å². The van der Waals surface area contributed by atoms with E-state index in [1.54, 1.807) is 0 Å². The van der Waals surface area contributed by atoms with Crippen molar-refractivity contribution in [3.63, 3.8) is 0 Å². The van der Waals surface area contributed by atoms with Crippen molar-refractivity contribution in [3.8, 4) is 0 Å². The van der Waals surface area contributed by atoms with Gasteiger partial charge in [-0.25, -0.2) is 0 Å². The molecule has 0 aliphatic heterocycles. The van der Waals surface area contributed by atoms with Crippen LogP contribution in [0.1, 0.15) is 19.8 Å². The fourth-order valence-electron chi connectivity index (χ4n) is 1.01. The molecular formula is C7H13N. The van der Waals surface area contributed by atoms with Crippen molar-refractivity contribution < 1.29 is 0 Å². The smallest absolute Gasteiger partial charge is 0.0102 e. The van der Waals surface area contributed by atoms with Crippen molar-refractivity contribution in [2.45, 2.75) is 25.8 Å². The van der Waals surface area contributed by atoms with Crippen LogP contribution in [0.4, 0.5) is 0 Å². The van der Waals surface area contributed by atoms with Crippen LogP contribution in [0.3, 0.4) is 0 Å². The Balaban J connectivity index is 2.47. The van der Waals surface area contributed by atoms with E-state index < -0.39 is 0 Å². The fourth-order valence-corrected chi connectivity index (χ4v) is 1.01. The summed E-state index contributed by atoms with van der Waals surface area (Å²) in [6, 6.07) is 0.417. The molecule has 1 nitrogen and oxygen atoms in total. The predicted molar refractivity (Wildman–Crippen MR) is 35.5 cm³/mol. The summed E-state index contributed by atoms with van der Waals surface area (Å²) >= 11 is 0. The Hall–Kier alpha value is -0.300. The second-order valence-corrected chi connectivity index (χ2v) is 2.53. The van der Waals surface area contributed by atoms with Crippen LogP contribution in [0, 0.1) is 5.92 Å². The lowest BCUT2D eigenvalue weighted by Crippen LogP contribution is -2.28. The highest BCUT2D eigenvalue weighted by atomic mass is 14.6. The molecule has 0 saturated carbocycles. The zero-order chi connectivity index (χ0) is 5.98. The van der Waals surface area contributed by atoms with Crippen molar-refractivity contribution in [2.75, 3.05) is 0 Å². The Bertz CT molecular complexity index is 96.6. The van der Waals surface area contributed by atoms with Crippen molar-refractivity contribution in [1.29, 1.82) is 0 Å². The summed E-state index contributed by atoms with van der Waals surface area (Å²) in [5, 5.41) is 0. The topological polar surface area (TPSA) is 26.0 Å². The maximum Gasteiger partial charge on any atom is 0.0102 e. The minimum absolute atomic E-state index is 0.417. The second kappa shape index (κ2) is 2.31. The first kappa shape index (κ1) is 5.83. The Morgan fingerprint density at radius 3 is 2.75 bits per heavy atom. The summed E-state index contributed by atoms with van der Waals surface area (Å²) in [4.78, 5) is 0. The largest absolute Gasteiger partial charge is 0.327 e. The van der Waals surface area contributed by atoms with Crippen LogP contribution >= 0.6 is 0 Å². The normalized spacial score (nSPS) is 37.8. The molecule has 0 aromatic heterocycles. The third kappa shape index (κ3) is 1.10. The molecule has 2 N–H and O–H groups in total. The van der Waals surface area contributed by atoms with Gasteiger partial charge < -0.3 is 5.73 Å². The highest BCUT2D eigenvalue weighted by molar-refractivity contribution is 4.96. The van der Waals surface area contributed by atoms with E-state index in [1.165, 1.54) is 6.42 Å². The zero-order valence-corrected chi connectivity index (χ0v) is 5.30. The first-order chi connectivity index (χ1) is 3.80. The van der Waals surface area contributed by atoms with E-state index in [2.05, 4.69) is 19.1 Å². The van der Waals surface area contributed by atoms with Crippen LogP contribution in [0.2, 0.25) is 0 Å². The van der Waals surface area contributed by atoms with Crippen LogP contribution in [0.25, 0.3) is 0 Å². The van der Waals surface area contributed by atoms with Gasteiger partial charge in [0.1, 0.15) is 0 Å². The molecule has 0 heterocycles. The van der Waals surface area contributed by atoms with E-state index in [4.69, 9.17) is 5.73 Å². The average Bonchev–Trinajstić information content (AvgIpc) is 1.77. The molecule has 1 unspecified atom stereocenters. The standard InChI is InChI=1S/C7H13N/c1-6-4-2-3-5-7(6)8/h2,4,6-7H,3,5,8H2,1H3/t6-,7?/m1/s1. The summed E-state index contributed by atoms with van der Waals surface area (Å²) in [6.07, 6.45) is 6.76. The van der Waals surface area contributed by atoms with Gasteiger partial charge in [-0.05, 0) is 18.8 Å². The lowest BCUT2D eigenvalue weighted by Gasteiger charge is -2.19. The molecular weight excluding hydrogens is 98.1 g/mol. The van der Waals surface area contributed by atoms with Crippen molar-refractivity contribution >= 4 is 0 Å². The van der Waals surface area contributed by atoms with E-state index in [1.807, 2.05) is 0 Å². The molecule has 0 aromatic rings. The SMILES string of the molecule is C[C@@H]1C=CCCC1N. The summed E-state index contributed by atoms with van der Waals surface area (Å²) < 4.78 is 0. The molecule has 8 heavy (non-hydrogen) atoms. The van der Waals surface area contributed by atoms with Gasteiger partial charge in [0.25, 0.3) is 0 Å². The third-order valence-corrected chi connectivity index (χ3v) is 1.78. The number of hydrogen-bond acceptors (Lipinski definition) is 1. The lowest BCUT2D eigenvalue weighted by molar-refractivity contribution is 0.487. The number of hydrogen-bond donors (Lipinski definition) is 1. The molecule has 0 fully saturated rings. The molecule has 1 aliphatic rings. The van der Waals surface area contributed by atoms with Gasteiger partial charge in [0.15, 0.2) is 0 Å².